The van der Waals surface area contributed by atoms with Gasteiger partial charge in [-0.05, 0) is 44.2 Å². The molecule has 1 aromatic rings. The van der Waals surface area contributed by atoms with Crippen molar-refractivity contribution in [3.63, 3.8) is 0 Å². The van der Waals surface area contributed by atoms with Crippen LogP contribution in [0.25, 0.3) is 0 Å². The van der Waals surface area contributed by atoms with E-state index in [0.29, 0.717) is 12.3 Å². The Labute approximate surface area is 104 Å². The van der Waals surface area contributed by atoms with Gasteiger partial charge in [0.25, 0.3) is 0 Å². The Morgan fingerprint density at radius 3 is 2.94 bits per heavy atom. The van der Waals surface area contributed by atoms with Crippen LogP contribution in [0, 0.1) is 31.1 Å². The molecule has 0 radical (unpaired) electrons. The van der Waals surface area contributed by atoms with Crippen LogP contribution in [0.5, 0.6) is 0 Å². The topological polar surface area (TPSA) is 27.0 Å². The van der Waals surface area contributed by atoms with E-state index in [1.165, 1.54) is 29.7 Å². The van der Waals surface area contributed by atoms with Crippen LogP contribution in [-0.2, 0) is 0 Å². The molecule has 17 heavy (non-hydrogen) atoms. The first-order valence-corrected chi connectivity index (χ1v) is 6.40. The van der Waals surface area contributed by atoms with E-state index >= 15 is 0 Å². The Morgan fingerprint density at radius 1 is 1.41 bits per heavy atom. The van der Waals surface area contributed by atoms with Crippen LogP contribution in [-0.4, -0.2) is 13.1 Å². The summed E-state index contributed by atoms with van der Waals surface area (Å²) in [7, 11) is 0. The molecule has 1 heterocycles. The van der Waals surface area contributed by atoms with Gasteiger partial charge in [0.05, 0.1) is 6.07 Å². The molecule has 1 aromatic carbocycles. The summed E-state index contributed by atoms with van der Waals surface area (Å²) in [4.78, 5) is 2.44. The van der Waals surface area contributed by atoms with Crippen molar-refractivity contribution in [1.29, 1.82) is 5.26 Å². The fraction of sp³-hybridized carbons (Fsp3) is 0.533. The predicted octanol–water partition coefficient (Wildman–Crippen LogP) is 3.43. The fourth-order valence-corrected chi connectivity index (χ4v) is 2.74. The SMILES string of the molecule is Cc1ccc(N2CCCC(CC#N)C2)c(C)c1. The van der Waals surface area contributed by atoms with E-state index in [2.05, 4.69) is 43.0 Å². The van der Waals surface area contributed by atoms with Gasteiger partial charge in [-0.15, -0.1) is 0 Å². The third kappa shape index (κ3) is 2.79. The van der Waals surface area contributed by atoms with Crippen molar-refractivity contribution in [3.8, 4) is 6.07 Å². The second kappa shape index (κ2) is 5.23. The molecule has 0 N–H and O–H groups in total. The maximum Gasteiger partial charge on any atom is 0.0625 e. The number of nitriles is 1. The van der Waals surface area contributed by atoms with Gasteiger partial charge < -0.3 is 4.90 Å². The smallest absolute Gasteiger partial charge is 0.0625 e. The molecule has 2 rings (SSSR count). The molecule has 1 unspecified atom stereocenters. The largest absolute Gasteiger partial charge is 0.371 e. The first-order valence-electron chi connectivity index (χ1n) is 6.40. The van der Waals surface area contributed by atoms with Crippen molar-refractivity contribution in [3.05, 3.63) is 29.3 Å². The number of piperidine rings is 1. The molecule has 2 heteroatoms. The third-order valence-electron chi connectivity index (χ3n) is 3.59. The van der Waals surface area contributed by atoms with E-state index in [9.17, 15) is 0 Å². The van der Waals surface area contributed by atoms with Crippen molar-refractivity contribution in [2.24, 2.45) is 5.92 Å². The summed E-state index contributed by atoms with van der Waals surface area (Å²) in [5.74, 6) is 0.550. The summed E-state index contributed by atoms with van der Waals surface area (Å²) >= 11 is 0. The quantitative estimate of drug-likeness (QED) is 0.775. The number of benzene rings is 1. The summed E-state index contributed by atoms with van der Waals surface area (Å²) in [6.45, 7) is 6.48. The number of aryl methyl sites for hydroxylation is 2. The second-order valence-electron chi connectivity index (χ2n) is 5.11. The van der Waals surface area contributed by atoms with Crippen LogP contribution >= 0.6 is 0 Å². The van der Waals surface area contributed by atoms with Gasteiger partial charge in [0.2, 0.25) is 0 Å². The van der Waals surface area contributed by atoms with Crippen LogP contribution in [0.3, 0.4) is 0 Å². The van der Waals surface area contributed by atoms with Crippen LogP contribution in [0.1, 0.15) is 30.4 Å². The van der Waals surface area contributed by atoms with Gasteiger partial charge >= 0.3 is 0 Å². The molecule has 90 valence electrons. The molecule has 0 aromatic heterocycles. The third-order valence-corrected chi connectivity index (χ3v) is 3.59. The van der Waals surface area contributed by atoms with E-state index in [-0.39, 0.29) is 0 Å². The summed E-state index contributed by atoms with van der Waals surface area (Å²) in [6.07, 6.45) is 3.11. The molecular formula is C15H20N2. The molecule has 2 nitrogen and oxygen atoms in total. The second-order valence-corrected chi connectivity index (χ2v) is 5.11. The standard InChI is InChI=1S/C15H20N2/c1-12-5-6-15(13(2)10-12)17-9-3-4-14(11-17)7-8-16/h5-6,10,14H,3-4,7,9,11H2,1-2H3. The summed E-state index contributed by atoms with van der Waals surface area (Å²) in [5, 5.41) is 8.80. The lowest BCUT2D eigenvalue weighted by Gasteiger charge is -2.34. The highest BCUT2D eigenvalue weighted by atomic mass is 15.1. The highest BCUT2D eigenvalue weighted by molar-refractivity contribution is 5.54. The van der Waals surface area contributed by atoms with E-state index in [0.717, 1.165) is 13.1 Å². The van der Waals surface area contributed by atoms with Gasteiger partial charge in [-0.2, -0.15) is 5.26 Å². The molecule has 1 saturated heterocycles. The van der Waals surface area contributed by atoms with E-state index in [1.807, 2.05) is 0 Å². The van der Waals surface area contributed by atoms with Gasteiger partial charge in [-0.1, -0.05) is 17.7 Å². The number of anilines is 1. The van der Waals surface area contributed by atoms with Crippen LogP contribution < -0.4 is 4.90 Å². The Balaban J connectivity index is 2.14. The van der Waals surface area contributed by atoms with Gasteiger partial charge in [0.15, 0.2) is 0 Å². The Kier molecular flexibility index (Phi) is 3.68. The molecule has 0 saturated carbocycles. The van der Waals surface area contributed by atoms with E-state index < -0.39 is 0 Å². The van der Waals surface area contributed by atoms with Crippen molar-refractivity contribution in [1.82, 2.24) is 0 Å². The summed E-state index contributed by atoms with van der Waals surface area (Å²) < 4.78 is 0. The molecule has 1 fully saturated rings. The Hall–Kier alpha value is -1.49. The zero-order valence-electron chi connectivity index (χ0n) is 10.7. The molecule has 0 aliphatic carbocycles. The van der Waals surface area contributed by atoms with Crippen molar-refractivity contribution >= 4 is 5.69 Å². The lowest BCUT2D eigenvalue weighted by atomic mass is 9.94. The monoisotopic (exact) mass is 228 g/mol. The zero-order chi connectivity index (χ0) is 12.3. The minimum absolute atomic E-state index is 0.550. The fourth-order valence-electron chi connectivity index (χ4n) is 2.74. The highest BCUT2D eigenvalue weighted by Gasteiger charge is 2.20. The maximum atomic E-state index is 8.80. The van der Waals surface area contributed by atoms with Gasteiger partial charge in [-0.25, -0.2) is 0 Å². The molecule has 1 aliphatic rings. The predicted molar refractivity (Wildman–Crippen MR) is 71.1 cm³/mol. The molecule has 1 atom stereocenters. The first kappa shape index (κ1) is 12.0. The Bertz CT molecular complexity index is 431. The normalized spacial score (nSPS) is 20.1. The lowest BCUT2D eigenvalue weighted by molar-refractivity contribution is 0.421. The summed E-state index contributed by atoms with van der Waals surface area (Å²) in [5.41, 5.74) is 4.01. The minimum atomic E-state index is 0.550. The average Bonchev–Trinajstić information content (AvgIpc) is 2.29. The first-order chi connectivity index (χ1) is 8.20. The molecular weight excluding hydrogens is 208 g/mol. The molecule has 1 aliphatic heterocycles. The highest BCUT2D eigenvalue weighted by Crippen LogP contribution is 2.27. The zero-order valence-corrected chi connectivity index (χ0v) is 10.7. The summed E-state index contributed by atoms with van der Waals surface area (Å²) in [6, 6.07) is 8.94. The van der Waals surface area contributed by atoms with Gasteiger partial charge in [0, 0.05) is 25.2 Å². The van der Waals surface area contributed by atoms with E-state index in [1.54, 1.807) is 0 Å². The van der Waals surface area contributed by atoms with Crippen molar-refractivity contribution in [2.45, 2.75) is 33.1 Å². The maximum absolute atomic E-state index is 8.80. The van der Waals surface area contributed by atoms with Crippen molar-refractivity contribution < 1.29 is 0 Å². The lowest BCUT2D eigenvalue weighted by Crippen LogP contribution is -2.35. The molecule has 0 amide bonds. The molecule has 0 bridgehead atoms. The minimum Gasteiger partial charge on any atom is -0.371 e. The van der Waals surface area contributed by atoms with Crippen LogP contribution in [0.2, 0.25) is 0 Å². The van der Waals surface area contributed by atoms with Crippen LogP contribution in [0.4, 0.5) is 5.69 Å². The average molecular weight is 228 g/mol. The number of nitrogens with zero attached hydrogens (tertiary/aromatic N) is 2. The Morgan fingerprint density at radius 2 is 2.24 bits per heavy atom. The number of hydrogen-bond acceptors (Lipinski definition) is 2. The van der Waals surface area contributed by atoms with Gasteiger partial charge in [-0.3, -0.25) is 0 Å². The number of rotatable bonds is 2. The van der Waals surface area contributed by atoms with Gasteiger partial charge in [0.1, 0.15) is 0 Å². The van der Waals surface area contributed by atoms with E-state index in [4.69, 9.17) is 5.26 Å². The van der Waals surface area contributed by atoms with Crippen LogP contribution in [0.15, 0.2) is 18.2 Å². The number of hydrogen-bond donors (Lipinski definition) is 0. The molecule has 0 spiro atoms. The van der Waals surface area contributed by atoms with Crippen molar-refractivity contribution in [2.75, 3.05) is 18.0 Å².